The van der Waals surface area contributed by atoms with Crippen molar-refractivity contribution in [3.63, 3.8) is 0 Å². The number of nitrogens with zero attached hydrogens (tertiary/aromatic N) is 3. The van der Waals surface area contributed by atoms with Gasteiger partial charge in [0, 0.05) is 25.5 Å². The molecule has 0 saturated carbocycles. The second-order valence-electron chi connectivity index (χ2n) is 3.65. The molecule has 0 amide bonds. The van der Waals surface area contributed by atoms with Gasteiger partial charge in [-0.25, -0.2) is 0 Å². The molecule has 0 heterocycles. The number of diazo groups is 1. The summed E-state index contributed by atoms with van der Waals surface area (Å²) < 4.78 is 0. The molecule has 0 radical (unpaired) electrons. The molecule has 0 saturated heterocycles. The molecule has 0 aliphatic heterocycles. The van der Waals surface area contributed by atoms with E-state index in [-0.39, 0.29) is 0 Å². The Hall–Kier alpha value is -2.08. The SMILES string of the molecule is CN(C)c1c([N+]#N)ccc2ccccc12. The first kappa shape index (κ1) is 9.47. The molecular formula is C12H12N3+. The van der Waals surface area contributed by atoms with Crippen LogP contribution in [0, 0.1) is 5.39 Å². The van der Waals surface area contributed by atoms with Crippen molar-refractivity contribution in [3.8, 4) is 0 Å². The van der Waals surface area contributed by atoms with Crippen LogP contribution in [0.15, 0.2) is 36.4 Å². The van der Waals surface area contributed by atoms with Crippen molar-refractivity contribution >= 4 is 22.1 Å². The van der Waals surface area contributed by atoms with Gasteiger partial charge < -0.3 is 4.90 Å². The maximum Gasteiger partial charge on any atom is 0.408 e. The number of fused-ring (bicyclic) bond motifs is 1. The van der Waals surface area contributed by atoms with Crippen molar-refractivity contribution in [1.29, 1.82) is 5.39 Å². The predicted molar refractivity (Wildman–Crippen MR) is 63.0 cm³/mol. The van der Waals surface area contributed by atoms with Gasteiger partial charge in [0.05, 0.1) is 0 Å². The van der Waals surface area contributed by atoms with E-state index in [0.29, 0.717) is 5.69 Å². The van der Waals surface area contributed by atoms with Crippen molar-refractivity contribution in [2.75, 3.05) is 19.0 Å². The lowest BCUT2D eigenvalue weighted by molar-refractivity contribution is 1.14. The summed E-state index contributed by atoms with van der Waals surface area (Å²) in [6.07, 6.45) is 0. The molecule has 2 aromatic carbocycles. The average Bonchev–Trinajstić information content (AvgIpc) is 2.27. The fourth-order valence-corrected chi connectivity index (χ4v) is 1.79. The molecular weight excluding hydrogens is 186 g/mol. The number of rotatable bonds is 1. The number of hydrogen-bond acceptors (Lipinski definition) is 2. The molecule has 0 bridgehead atoms. The molecule has 0 fully saturated rings. The average molecular weight is 198 g/mol. The maximum absolute atomic E-state index is 8.93. The predicted octanol–water partition coefficient (Wildman–Crippen LogP) is 3.39. The van der Waals surface area contributed by atoms with Gasteiger partial charge in [-0.15, -0.1) is 0 Å². The lowest BCUT2D eigenvalue weighted by atomic mass is 10.1. The van der Waals surface area contributed by atoms with E-state index in [4.69, 9.17) is 5.39 Å². The lowest BCUT2D eigenvalue weighted by Gasteiger charge is -2.12. The Balaban J connectivity index is 2.86. The van der Waals surface area contributed by atoms with Crippen LogP contribution >= 0.6 is 0 Å². The molecule has 74 valence electrons. The smallest absolute Gasteiger partial charge is 0.371 e. The zero-order chi connectivity index (χ0) is 10.8. The second-order valence-corrected chi connectivity index (χ2v) is 3.65. The van der Waals surface area contributed by atoms with Gasteiger partial charge in [0.2, 0.25) is 5.39 Å². The van der Waals surface area contributed by atoms with Crippen molar-refractivity contribution in [3.05, 3.63) is 41.4 Å². The van der Waals surface area contributed by atoms with Gasteiger partial charge in [-0.2, -0.15) is 0 Å². The van der Waals surface area contributed by atoms with E-state index in [1.165, 1.54) is 0 Å². The third-order valence-electron chi connectivity index (χ3n) is 2.43. The highest BCUT2D eigenvalue weighted by atomic mass is 15.1. The topological polar surface area (TPSA) is 31.4 Å². The molecule has 2 aromatic rings. The second kappa shape index (κ2) is 3.58. The summed E-state index contributed by atoms with van der Waals surface area (Å²) in [5.74, 6) is 0. The van der Waals surface area contributed by atoms with Crippen LogP contribution in [0.5, 0.6) is 0 Å². The molecule has 0 spiro atoms. The van der Waals surface area contributed by atoms with Gasteiger partial charge in [0.1, 0.15) is 5.69 Å². The van der Waals surface area contributed by atoms with Gasteiger partial charge in [-0.3, -0.25) is 0 Å². The van der Waals surface area contributed by atoms with Crippen molar-refractivity contribution in [2.24, 2.45) is 0 Å². The van der Waals surface area contributed by atoms with E-state index in [9.17, 15) is 0 Å². The van der Waals surface area contributed by atoms with Crippen LogP contribution in [0.1, 0.15) is 0 Å². The van der Waals surface area contributed by atoms with Crippen LogP contribution in [-0.2, 0) is 0 Å². The third-order valence-corrected chi connectivity index (χ3v) is 2.43. The fraction of sp³-hybridized carbons (Fsp3) is 0.167. The highest BCUT2D eigenvalue weighted by Crippen LogP contribution is 2.35. The summed E-state index contributed by atoms with van der Waals surface area (Å²) in [5.41, 5.74) is 1.54. The monoisotopic (exact) mass is 198 g/mol. The summed E-state index contributed by atoms with van der Waals surface area (Å²) >= 11 is 0. The fourth-order valence-electron chi connectivity index (χ4n) is 1.79. The van der Waals surface area contributed by atoms with Crippen LogP contribution in [-0.4, -0.2) is 14.1 Å². The van der Waals surface area contributed by atoms with E-state index in [0.717, 1.165) is 16.5 Å². The van der Waals surface area contributed by atoms with Gasteiger partial charge >= 0.3 is 5.69 Å². The van der Waals surface area contributed by atoms with Crippen LogP contribution in [0.25, 0.3) is 15.7 Å². The Labute approximate surface area is 88.6 Å². The Morgan fingerprint density at radius 3 is 2.47 bits per heavy atom. The van der Waals surface area contributed by atoms with E-state index >= 15 is 0 Å². The normalized spacial score (nSPS) is 9.93. The minimum atomic E-state index is 0.596. The Bertz CT molecular complexity index is 538. The zero-order valence-electron chi connectivity index (χ0n) is 8.81. The molecule has 0 atom stereocenters. The summed E-state index contributed by atoms with van der Waals surface area (Å²) in [5, 5.41) is 11.2. The summed E-state index contributed by atoms with van der Waals surface area (Å²) in [4.78, 5) is 5.26. The van der Waals surface area contributed by atoms with E-state index < -0.39 is 0 Å². The van der Waals surface area contributed by atoms with Gasteiger partial charge in [0.15, 0.2) is 4.98 Å². The molecule has 3 nitrogen and oxygen atoms in total. The highest BCUT2D eigenvalue weighted by molar-refractivity contribution is 6.00. The van der Waals surface area contributed by atoms with Gasteiger partial charge in [-0.1, -0.05) is 24.3 Å². The Morgan fingerprint density at radius 2 is 1.80 bits per heavy atom. The van der Waals surface area contributed by atoms with Crippen molar-refractivity contribution in [2.45, 2.75) is 0 Å². The third kappa shape index (κ3) is 1.50. The van der Waals surface area contributed by atoms with Gasteiger partial charge in [0.25, 0.3) is 0 Å². The lowest BCUT2D eigenvalue weighted by Crippen LogP contribution is -2.09. The maximum atomic E-state index is 8.93. The van der Waals surface area contributed by atoms with Crippen molar-refractivity contribution < 1.29 is 0 Å². The molecule has 0 aliphatic carbocycles. The molecule has 2 rings (SSSR count). The quantitative estimate of drug-likeness (QED) is 0.658. The van der Waals surface area contributed by atoms with Gasteiger partial charge in [-0.05, 0) is 11.5 Å². The van der Waals surface area contributed by atoms with Crippen LogP contribution in [0.2, 0.25) is 0 Å². The van der Waals surface area contributed by atoms with Crippen LogP contribution in [0.4, 0.5) is 11.4 Å². The molecule has 0 aliphatic rings. The van der Waals surface area contributed by atoms with Crippen LogP contribution < -0.4 is 4.90 Å². The summed E-state index contributed by atoms with van der Waals surface area (Å²) in [6, 6.07) is 11.8. The first-order valence-corrected chi connectivity index (χ1v) is 4.78. The van der Waals surface area contributed by atoms with E-state index in [2.05, 4.69) is 4.98 Å². The standard InChI is InChI=1S/C12H12N3/c1-15(2)12-10-6-4-3-5-9(10)7-8-11(12)14-13/h3-8H,1-2H3/q+1. The largest absolute Gasteiger partial charge is 0.408 e. The first-order chi connectivity index (χ1) is 7.24. The molecule has 15 heavy (non-hydrogen) atoms. The summed E-state index contributed by atoms with van der Waals surface area (Å²) in [6.45, 7) is 0. The minimum absolute atomic E-state index is 0.596. The Kier molecular flexibility index (Phi) is 2.26. The first-order valence-electron chi connectivity index (χ1n) is 4.78. The van der Waals surface area contributed by atoms with Crippen LogP contribution in [0.3, 0.4) is 0 Å². The molecule has 0 aromatic heterocycles. The molecule has 0 unspecified atom stereocenters. The number of benzene rings is 2. The van der Waals surface area contributed by atoms with Crippen molar-refractivity contribution in [1.82, 2.24) is 0 Å². The summed E-state index contributed by atoms with van der Waals surface area (Å²) in [7, 11) is 3.88. The van der Waals surface area contributed by atoms with E-state index in [1.807, 2.05) is 55.4 Å². The number of anilines is 1. The minimum Gasteiger partial charge on any atom is -0.371 e. The molecule has 0 N–H and O–H groups in total. The zero-order valence-corrected chi connectivity index (χ0v) is 8.81. The van der Waals surface area contributed by atoms with E-state index in [1.54, 1.807) is 0 Å². The highest BCUT2D eigenvalue weighted by Gasteiger charge is 2.17. The molecule has 3 heteroatoms. The number of hydrogen-bond donors (Lipinski definition) is 0. The Morgan fingerprint density at radius 1 is 1.07 bits per heavy atom.